The number of halogens is 1. The smallest absolute Gasteiger partial charge is 0.123 e. The lowest BCUT2D eigenvalue weighted by molar-refractivity contribution is 0.403. The summed E-state index contributed by atoms with van der Waals surface area (Å²) in [7, 11) is 1.70. The van der Waals surface area contributed by atoms with E-state index in [0.717, 1.165) is 22.2 Å². The first kappa shape index (κ1) is 16.5. The molecule has 0 fully saturated rings. The molecule has 0 saturated heterocycles. The Kier molecular flexibility index (Phi) is 8.15. The number of hydrogen-bond acceptors (Lipinski definition) is 2. The van der Waals surface area contributed by atoms with Crippen molar-refractivity contribution in [2.75, 3.05) is 7.11 Å². The van der Waals surface area contributed by atoms with Crippen molar-refractivity contribution in [2.45, 2.75) is 57.9 Å². The maximum absolute atomic E-state index is 6.28. The summed E-state index contributed by atoms with van der Waals surface area (Å²) in [6.45, 7) is 2.25. The first-order valence-electron chi connectivity index (χ1n) is 7.28. The van der Waals surface area contributed by atoms with Crippen LogP contribution in [0.25, 0.3) is 0 Å². The van der Waals surface area contributed by atoms with Gasteiger partial charge in [0.05, 0.1) is 7.11 Å². The predicted molar refractivity (Wildman–Crippen MR) is 85.6 cm³/mol. The largest absolute Gasteiger partial charge is 0.496 e. The molecule has 0 aliphatic heterocycles. The molecule has 0 heterocycles. The third-order valence-corrected chi connectivity index (χ3v) is 3.95. The molecule has 0 aromatic heterocycles. The van der Waals surface area contributed by atoms with Crippen LogP contribution in [-0.2, 0) is 0 Å². The van der Waals surface area contributed by atoms with Gasteiger partial charge in [-0.25, -0.2) is 0 Å². The zero-order chi connectivity index (χ0) is 14.1. The molecule has 2 nitrogen and oxygen atoms in total. The van der Waals surface area contributed by atoms with Gasteiger partial charge in [0.15, 0.2) is 0 Å². The van der Waals surface area contributed by atoms with Crippen molar-refractivity contribution in [2.24, 2.45) is 5.73 Å². The van der Waals surface area contributed by atoms with Crippen molar-refractivity contribution in [1.29, 1.82) is 0 Å². The molecule has 1 unspecified atom stereocenters. The maximum Gasteiger partial charge on any atom is 0.123 e. The molecule has 0 aliphatic rings. The van der Waals surface area contributed by atoms with Gasteiger partial charge >= 0.3 is 0 Å². The summed E-state index contributed by atoms with van der Waals surface area (Å²) >= 11 is 3.49. The highest BCUT2D eigenvalue weighted by atomic mass is 79.9. The molecule has 1 atom stereocenters. The molecule has 0 bridgehead atoms. The van der Waals surface area contributed by atoms with Crippen LogP contribution in [-0.4, -0.2) is 7.11 Å². The van der Waals surface area contributed by atoms with Crippen LogP contribution in [0.1, 0.15) is 63.5 Å². The highest BCUT2D eigenvalue weighted by Gasteiger charge is 2.12. The molecule has 0 aliphatic carbocycles. The van der Waals surface area contributed by atoms with Gasteiger partial charge in [0.2, 0.25) is 0 Å². The molecule has 0 spiro atoms. The van der Waals surface area contributed by atoms with Gasteiger partial charge in [-0.15, -0.1) is 0 Å². The number of methoxy groups -OCH3 is 1. The topological polar surface area (TPSA) is 35.2 Å². The Morgan fingerprint density at radius 1 is 1.16 bits per heavy atom. The lowest BCUT2D eigenvalue weighted by atomic mass is 9.99. The fraction of sp³-hybridized carbons (Fsp3) is 0.625. The average molecular weight is 328 g/mol. The van der Waals surface area contributed by atoms with Crippen LogP contribution in [0, 0.1) is 0 Å². The Morgan fingerprint density at radius 3 is 2.53 bits per heavy atom. The molecule has 1 aromatic rings. The summed E-state index contributed by atoms with van der Waals surface area (Å²) in [5.74, 6) is 0.890. The Bertz CT molecular complexity index is 368. The van der Waals surface area contributed by atoms with E-state index in [0.29, 0.717) is 0 Å². The van der Waals surface area contributed by atoms with E-state index in [1.165, 1.54) is 38.5 Å². The maximum atomic E-state index is 6.28. The number of nitrogens with two attached hydrogens (primary N) is 1. The van der Waals surface area contributed by atoms with Gasteiger partial charge < -0.3 is 10.5 Å². The third-order valence-electron chi connectivity index (χ3n) is 3.46. The van der Waals surface area contributed by atoms with Gasteiger partial charge in [0.1, 0.15) is 5.75 Å². The van der Waals surface area contributed by atoms with Crippen LogP contribution < -0.4 is 10.5 Å². The number of ether oxygens (including phenoxy) is 1. The van der Waals surface area contributed by atoms with Crippen LogP contribution in [0.5, 0.6) is 5.75 Å². The van der Waals surface area contributed by atoms with Gasteiger partial charge in [-0.05, 0) is 24.6 Å². The minimum atomic E-state index is 0.0682. The van der Waals surface area contributed by atoms with E-state index in [1.807, 2.05) is 12.1 Å². The molecular formula is C16H26BrNO. The van der Waals surface area contributed by atoms with Crippen LogP contribution >= 0.6 is 15.9 Å². The molecule has 1 aromatic carbocycles. The zero-order valence-corrected chi connectivity index (χ0v) is 13.7. The van der Waals surface area contributed by atoms with E-state index < -0.39 is 0 Å². The third kappa shape index (κ3) is 5.96. The normalized spacial score (nSPS) is 12.4. The highest BCUT2D eigenvalue weighted by molar-refractivity contribution is 9.10. The second kappa shape index (κ2) is 9.38. The molecule has 2 N–H and O–H groups in total. The van der Waals surface area contributed by atoms with Crippen LogP contribution in [0.15, 0.2) is 22.7 Å². The van der Waals surface area contributed by atoms with Gasteiger partial charge in [-0.2, -0.15) is 0 Å². The van der Waals surface area contributed by atoms with Crippen LogP contribution in [0.3, 0.4) is 0 Å². The first-order chi connectivity index (χ1) is 9.19. The van der Waals surface area contributed by atoms with Crippen LogP contribution in [0.2, 0.25) is 0 Å². The summed E-state index contributed by atoms with van der Waals surface area (Å²) < 4.78 is 6.44. The number of hydrogen-bond donors (Lipinski definition) is 1. The van der Waals surface area contributed by atoms with Crippen molar-refractivity contribution in [1.82, 2.24) is 0 Å². The molecule has 108 valence electrons. The Balaban J connectivity index is 2.40. The fourth-order valence-electron chi connectivity index (χ4n) is 2.30. The standard InChI is InChI=1S/C16H26BrNO/c1-3-4-5-6-7-8-9-15(18)14-12-13(17)10-11-16(14)19-2/h10-12,15H,3-9,18H2,1-2H3. The minimum absolute atomic E-state index is 0.0682. The minimum Gasteiger partial charge on any atom is -0.496 e. The van der Waals surface area contributed by atoms with Gasteiger partial charge in [0.25, 0.3) is 0 Å². The van der Waals surface area contributed by atoms with E-state index in [2.05, 4.69) is 28.9 Å². The highest BCUT2D eigenvalue weighted by Crippen LogP contribution is 2.29. The SMILES string of the molecule is CCCCCCCCC(N)c1cc(Br)ccc1OC. The molecule has 19 heavy (non-hydrogen) atoms. The number of benzene rings is 1. The molecule has 0 saturated carbocycles. The second-order valence-electron chi connectivity index (χ2n) is 5.05. The summed E-state index contributed by atoms with van der Waals surface area (Å²) in [5, 5.41) is 0. The summed E-state index contributed by atoms with van der Waals surface area (Å²) in [6, 6.07) is 6.10. The zero-order valence-electron chi connectivity index (χ0n) is 12.1. The predicted octanol–water partition coefficient (Wildman–Crippen LogP) is 5.21. The van der Waals surface area contributed by atoms with Gasteiger partial charge in [-0.1, -0.05) is 61.4 Å². The molecule has 0 amide bonds. The molecule has 3 heteroatoms. The van der Waals surface area contributed by atoms with Gasteiger partial charge in [-0.3, -0.25) is 0 Å². The molecule has 0 radical (unpaired) electrons. The van der Waals surface area contributed by atoms with E-state index in [1.54, 1.807) is 7.11 Å². The first-order valence-corrected chi connectivity index (χ1v) is 8.07. The Morgan fingerprint density at radius 2 is 1.84 bits per heavy atom. The van der Waals surface area contributed by atoms with E-state index in [-0.39, 0.29) is 6.04 Å². The van der Waals surface area contributed by atoms with Crippen molar-refractivity contribution in [3.63, 3.8) is 0 Å². The second-order valence-corrected chi connectivity index (χ2v) is 5.96. The Hall–Kier alpha value is -0.540. The summed E-state index contributed by atoms with van der Waals surface area (Å²) in [5.41, 5.74) is 7.38. The van der Waals surface area contributed by atoms with E-state index >= 15 is 0 Å². The van der Waals surface area contributed by atoms with Crippen molar-refractivity contribution < 1.29 is 4.74 Å². The van der Waals surface area contributed by atoms with E-state index in [9.17, 15) is 0 Å². The van der Waals surface area contributed by atoms with Crippen LogP contribution in [0.4, 0.5) is 0 Å². The van der Waals surface area contributed by atoms with Crippen molar-refractivity contribution in [3.05, 3.63) is 28.2 Å². The molecular weight excluding hydrogens is 302 g/mol. The van der Waals surface area contributed by atoms with Crippen molar-refractivity contribution >= 4 is 15.9 Å². The summed E-state index contributed by atoms with van der Waals surface area (Å²) in [6.07, 6.45) is 8.84. The van der Waals surface area contributed by atoms with Gasteiger partial charge in [0, 0.05) is 16.1 Å². The average Bonchev–Trinajstić information content (AvgIpc) is 2.42. The lowest BCUT2D eigenvalue weighted by Gasteiger charge is -2.16. The van der Waals surface area contributed by atoms with Crippen molar-refractivity contribution in [3.8, 4) is 5.75 Å². The Labute approximate surface area is 125 Å². The number of rotatable bonds is 9. The monoisotopic (exact) mass is 327 g/mol. The summed E-state index contributed by atoms with van der Waals surface area (Å²) in [4.78, 5) is 0. The fourth-order valence-corrected chi connectivity index (χ4v) is 2.67. The lowest BCUT2D eigenvalue weighted by Crippen LogP contribution is -2.11. The quantitative estimate of drug-likeness (QED) is 0.632. The number of unbranched alkanes of at least 4 members (excludes halogenated alkanes) is 5. The van der Waals surface area contributed by atoms with E-state index in [4.69, 9.17) is 10.5 Å². The molecule has 1 rings (SSSR count).